The molecule has 0 saturated heterocycles. The average Bonchev–Trinajstić information content (AvgIpc) is 3.05. The first-order valence-electron chi connectivity index (χ1n) is 16.2. The highest BCUT2D eigenvalue weighted by atomic mass is 16.7. The lowest BCUT2D eigenvalue weighted by Gasteiger charge is -2.36. The van der Waals surface area contributed by atoms with E-state index in [0.29, 0.717) is 6.42 Å². The van der Waals surface area contributed by atoms with Crippen LogP contribution in [0.15, 0.2) is 0 Å². The van der Waals surface area contributed by atoms with Crippen molar-refractivity contribution < 1.29 is 84.0 Å². The van der Waals surface area contributed by atoms with Crippen LogP contribution in [0.2, 0.25) is 0 Å². The van der Waals surface area contributed by atoms with Gasteiger partial charge in [0.25, 0.3) is 0 Å². The predicted octanol–water partition coefficient (Wildman–Crippen LogP) is -4.33. The molecule has 292 valence electrons. The SMILES string of the molecule is CC(=O)N[C@@H](CO)C(OCCCNC(=O)C(C)C)OC(CO)[C@H](C)OC(OC(CO)[C@@H](C)O)[C@@H](O)COC(OC(CO)[C@@H](C)O)[C@@H](O)CO. The predicted molar refractivity (Wildman–Crippen MR) is 169 cm³/mol. The molecule has 0 radical (unpaired) electrons. The Bertz CT molecular complexity index is 870. The third-order valence-electron chi connectivity index (χ3n) is 7.00. The maximum atomic E-state index is 11.8. The molecule has 0 fully saturated rings. The molecule has 0 aliphatic carbocycles. The van der Waals surface area contributed by atoms with Crippen LogP contribution in [0.3, 0.4) is 0 Å². The standard InChI is InChI=1S/C30H60N2O17/c1-16(2)27(43)31-8-7-9-44-28(21(10-33)32-20(6)40)49-26(14-37)19(5)46-30(48-25(13-36)18(4)39)23(42)15-45-29(22(41)11-34)47-24(12-35)17(3)38/h16-19,21-26,28-30,33-39,41-42H,7-15H2,1-6H3,(H,31,43)(H,32,40)/t17-,18-,19+,21+,22+,23+,24?,25?,26?,28?,29?,30?/m1/s1. The van der Waals surface area contributed by atoms with Gasteiger partial charge in [0.15, 0.2) is 18.9 Å². The number of hydrogen-bond donors (Lipinski definition) is 11. The van der Waals surface area contributed by atoms with E-state index in [9.17, 15) is 55.5 Å². The number of nitrogens with one attached hydrogen (secondary N) is 2. The van der Waals surface area contributed by atoms with Crippen LogP contribution in [-0.2, 0) is 38.0 Å². The highest BCUT2D eigenvalue weighted by Gasteiger charge is 2.35. The summed E-state index contributed by atoms with van der Waals surface area (Å²) in [6.45, 7) is 4.75. The van der Waals surface area contributed by atoms with E-state index in [1.807, 2.05) is 0 Å². The Balaban J connectivity index is 5.95. The molecule has 0 aliphatic heterocycles. The molecule has 0 bridgehead atoms. The first kappa shape index (κ1) is 47.3. The van der Waals surface area contributed by atoms with Crippen molar-refractivity contribution in [2.75, 3.05) is 52.8 Å². The molecular formula is C30H60N2O17. The Labute approximate surface area is 287 Å². The summed E-state index contributed by atoms with van der Waals surface area (Å²) >= 11 is 0. The van der Waals surface area contributed by atoms with Crippen molar-refractivity contribution in [1.29, 1.82) is 0 Å². The van der Waals surface area contributed by atoms with E-state index in [0.717, 1.165) is 0 Å². The summed E-state index contributed by atoms with van der Waals surface area (Å²) in [6, 6.07) is -1.09. The number of aliphatic hydroxyl groups excluding tert-OH is 9. The van der Waals surface area contributed by atoms with Gasteiger partial charge in [-0.3, -0.25) is 9.59 Å². The average molecular weight is 721 g/mol. The molecule has 12 atom stereocenters. The van der Waals surface area contributed by atoms with E-state index in [1.54, 1.807) is 13.8 Å². The fourth-order valence-corrected chi connectivity index (χ4v) is 3.95. The van der Waals surface area contributed by atoms with Crippen molar-refractivity contribution in [3.8, 4) is 0 Å². The van der Waals surface area contributed by atoms with Gasteiger partial charge in [0, 0.05) is 19.4 Å². The van der Waals surface area contributed by atoms with Gasteiger partial charge in [0.05, 0.1) is 64.6 Å². The minimum absolute atomic E-state index is 0.00992. The molecule has 2 amide bonds. The largest absolute Gasteiger partial charge is 0.394 e. The van der Waals surface area contributed by atoms with Gasteiger partial charge in [0.1, 0.15) is 36.6 Å². The molecule has 6 unspecified atom stereocenters. The summed E-state index contributed by atoms with van der Waals surface area (Å²) in [5, 5.41) is 95.0. The smallest absolute Gasteiger partial charge is 0.222 e. The van der Waals surface area contributed by atoms with Crippen LogP contribution in [0.4, 0.5) is 0 Å². The number of amides is 2. The first-order chi connectivity index (χ1) is 23.1. The molecule has 0 aromatic heterocycles. The molecule has 0 saturated carbocycles. The van der Waals surface area contributed by atoms with Crippen molar-refractivity contribution in [2.24, 2.45) is 5.92 Å². The third kappa shape index (κ3) is 18.9. The Morgan fingerprint density at radius 1 is 0.633 bits per heavy atom. The highest BCUT2D eigenvalue weighted by molar-refractivity contribution is 5.77. The summed E-state index contributed by atoms with van der Waals surface area (Å²) in [4.78, 5) is 23.6. The summed E-state index contributed by atoms with van der Waals surface area (Å²) < 4.78 is 33.9. The summed E-state index contributed by atoms with van der Waals surface area (Å²) in [6.07, 6.45) is -15.1. The topological polar surface area (TPSA) is 296 Å². The number of hydrogen-bond acceptors (Lipinski definition) is 17. The zero-order chi connectivity index (χ0) is 37.7. The lowest BCUT2D eigenvalue weighted by Crippen LogP contribution is -2.52. The molecular weight excluding hydrogens is 660 g/mol. The lowest BCUT2D eigenvalue weighted by atomic mass is 10.2. The van der Waals surface area contributed by atoms with Crippen LogP contribution in [0.5, 0.6) is 0 Å². The van der Waals surface area contributed by atoms with Crippen LogP contribution in [0.25, 0.3) is 0 Å². The monoisotopic (exact) mass is 720 g/mol. The Morgan fingerprint density at radius 2 is 1.16 bits per heavy atom. The van der Waals surface area contributed by atoms with Crippen LogP contribution < -0.4 is 10.6 Å². The Hall–Kier alpha value is -1.66. The molecule has 0 aromatic rings. The normalized spacial score (nSPS) is 19.5. The Morgan fingerprint density at radius 3 is 1.61 bits per heavy atom. The van der Waals surface area contributed by atoms with Crippen LogP contribution in [0, 0.1) is 5.92 Å². The fraction of sp³-hybridized carbons (Fsp3) is 0.933. The second-order valence-corrected chi connectivity index (χ2v) is 11.8. The molecule has 0 rings (SSSR count). The molecule has 0 spiro atoms. The van der Waals surface area contributed by atoms with E-state index in [2.05, 4.69) is 10.6 Å². The van der Waals surface area contributed by atoms with Gasteiger partial charge in [-0.25, -0.2) is 0 Å². The highest BCUT2D eigenvalue weighted by Crippen LogP contribution is 2.19. The molecule has 19 heteroatoms. The van der Waals surface area contributed by atoms with Crippen molar-refractivity contribution in [3.63, 3.8) is 0 Å². The van der Waals surface area contributed by atoms with Crippen molar-refractivity contribution in [2.45, 2.75) is 122 Å². The molecule has 11 N–H and O–H groups in total. The van der Waals surface area contributed by atoms with Gasteiger partial charge in [0.2, 0.25) is 11.8 Å². The minimum Gasteiger partial charge on any atom is -0.394 e. The van der Waals surface area contributed by atoms with Crippen LogP contribution >= 0.6 is 0 Å². The van der Waals surface area contributed by atoms with Gasteiger partial charge in [-0.2, -0.15) is 0 Å². The fourth-order valence-electron chi connectivity index (χ4n) is 3.95. The summed E-state index contributed by atoms with van der Waals surface area (Å²) in [5.74, 6) is -0.887. The van der Waals surface area contributed by atoms with Gasteiger partial charge in [-0.1, -0.05) is 13.8 Å². The van der Waals surface area contributed by atoms with E-state index < -0.39 is 119 Å². The second-order valence-electron chi connectivity index (χ2n) is 11.8. The summed E-state index contributed by atoms with van der Waals surface area (Å²) in [5.41, 5.74) is 0. The van der Waals surface area contributed by atoms with Crippen LogP contribution in [-0.4, -0.2) is 184 Å². The van der Waals surface area contributed by atoms with E-state index in [-0.39, 0.29) is 25.0 Å². The number of aliphatic hydroxyl groups is 9. The van der Waals surface area contributed by atoms with E-state index in [1.165, 1.54) is 27.7 Å². The molecule has 0 aromatic carbocycles. The third-order valence-corrected chi connectivity index (χ3v) is 7.00. The zero-order valence-corrected chi connectivity index (χ0v) is 29.2. The summed E-state index contributed by atoms with van der Waals surface area (Å²) in [7, 11) is 0. The maximum Gasteiger partial charge on any atom is 0.222 e. The molecule has 49 heavy (non-hydrogen) atoms. The van der Waals surface area contributed by atoms with E-state index in [4.69, 9.17) is 28.4 Å². The van der Waals surface area contributed by atoms with Crippen molar-refractivity contribution in [3.05, 3.63) is 0 Å². The van der Waals surface area contributed by atoms with Gasteiger partial charge < -0.3 is 85.0 Å². The van der Waals surface area contributed by atoms with Crippen molar-refractivity contribution >= 4 is 11.8 Å². The van der Waals surface area contributed by atoms with Gasteiger partial charge in [-0.15, -0.1) is 0 Å². The molecule has 0 aliphatic rings. The number of ether oxygens (including phenoxy) is 6. The van der Waals surface area contributed by atoms with Crippen LogP contribution in [0.1, 0.15) is 48.0 Å². The van der Waals surface area contributed by atoms with Gasteiger partial charge in [-0.05, 0) is 27.2 Å². The van der Waals surface area contributed by atoms with Gasteiger partial charge >= 0.3 is 0 Å². The first-order valence-corrected chi connectivity index (χ1v) is 16.2. The quantitative estimate of drug-likeness (QED) is 0.0257. The number of carbonyl (C=O) groups is 2. The zero-order valence-electron chi connectivity index (χ0n) is 29.2. The van der Waals surface area contributed by atoms with E-state index >= 15 is 0 Å². The number of rotatable bonds is 29. The van der Waals surface area contributed by atoms with Crippen molar-refractivity contribution in [1.82, 2.24) is 10.6 Å². The minimum atomic E-state index is -1.75. The molecule has 19 nitrogen and oxygen atoms in total. The second kappa shape index (κ2) is 26.2. The lowest BCUT2D eigenvalue weighted by molar-refractivity contribution is -0.295. The number of carbonyl (C=O) groups excluding carboxylic acids is 2. The molecule has 0 heterocycles. The maximum absolute atomic E-state index is 11.8. The Kier molecular flexibility index (Phi) is 25.3.